The van der Waals surface area contributed by atoms with E-state index in [0.717, 1.165) is 36.3 Å². The molecule has 1 N–H and O–H groups in total. The van der Waals surface area contributed by atoms with Crippen LogP contribution in [-0.4, -0.2) is 24.7 Å². The number of nitrogens with one attached hydrogen (secondary N) is 1. The first-order valence-electron chi connectivity index (χ1n) is 8.62. The van der Waals surface area contributed by atoms with E-state index >= 15 is 0 Å². The molecule has 1 atom stereocenters. The molecule has 0 aliphatic heterocycles. The number of hydrogen-bond acceptors (Lipinski definition) is 3. The second-order valence-corrected chi connectivity index (χ2v) is 6.64. The Kier molecular flexibility index (Phi) is 6.05. The largest absolute Gasteiger partial charge is 0.490 e. The number of methoxy groups -OCH3 is 1. The molecule has 0 aromatic heterocycles. The van der Waals surface area contributed by atoms with Gasteiger partial charge in [0.2, 0.25) is 0 Å². The molecule has 0 spiro atoms. The first-order chi connectivity index (χ1) is 11.0. The van der Waals surface area contributed by atoms with Crippen LogP contribution in [0.5, 0.6) is 5.75 Å². The first kappa shape index (κ1) is 17.8. The summed E-state index contributed by atoms with van der Waals surface area (Å²) in [6.45, 7) is 5.89. The lowest BCUT2D eigenvalue weighted by Gasteiger charge is -2.26. The molecule has 2 rings (SSSR count). The molecule has 1 aliphatic rings. The van der Waals surface area contributed by atoms with Crippen LogP contribution in [0.3, 0.4) is 0 Å². The topological polar surface area (TPSA) is 47.6 Å². The molecule has 0 unspecified atom stereocenters. The van der Waals surface area contributed by atoms with Gasteiger partial charge in [-0.1, -0.05) is 13.3 Å². The standard InChI is InChI=1S/C19H29NO3/c1-5-12-19(3,22-4)18(21)20-15-10-11-17(14(2)13-15)23-16-8-6-7-9-16/h10-11,13,16H,5-9,12H2,1-4H3,(H,20,21)/t19-/m0/s1. The molecule has 23 heavy (non-hydrogen) atoms. The number of carbonyl (C=O) groups is 1. The SMILES string of the molecule is CCC[C@](C)(OC)C(=O)Nc1ccc(OC2CCCC2)c(C)c1. The molecule has 1 aromatic rings. The van der Waals surface area contributed by atoms with Crippen LogP contribution in [0.25, 0.3) is 0 Å². The number of aryl methyl sites for hydroxylation is 1. The van der Waals surface area contributed by atoms with Crippen LogP contribution >= 0.6 is 0 Å². The summed E-state index contributed by atoms with van der Waals surface area (Å²) in [4.78, 5) is 12.5. The molecule has 1 fully saturated rings. The molecule has 0 saturated heterocycles. The van der Waals surface area contributed by atoms with Gasteiger partial charge in [-0.2, -0.15) is 0 Å². The molecule has 1 amide bonds. The van der Waals surface area contributed by atoms with Gasteiger partial charge in [0.1, 0.15) is 11.4 Å². The number of amides is 1. The molecule has 1 aromatic carbocycles. The minimum absolute atomic E-state index is 0.106. The average molecular weight is 319 g/mol. The average Bonchev–Trinajstić information content (AvgIpc) is 3.03. The van der Waals surface area contributed by atoms with Gasteiger partial charge in [-0.25, -0.2) is 0 Å². The monoisotopic (exact) mass is 319 g/mol. The van der Waals surface area contributed by atoms with Gasteiger partial charge in [0, 0.05) is 12.8 Å². The zero-order chi connectivity index (χ0) is 16.9. The maximum Gasteiger partial charge on any atom is 0.256 e. The second kappa shape index (κ2) is 7.82. The van der Waals surface area contributed by atoms with Crippen LogP contribution in [-0.2, 0) is 9.53 Å². The molecule has 128 valence electrons. The van der Waals surface area contributed by atoms with E-state index in [4.69, 9.17) is 9.47 Å². The van der Waals surface area contributed by atoms with Gasteiger partial charge in [-0.15, -0.1) is 0 Å². The number of benzene rings is 1. The molecule has 0 radical (unpaired) electrons. The van der Waals surface area contributed by atoms with E-state index in [1.807, 2.05) is 39.0 Å². The maximum atomic E-state index is 12.5. The van der Waals surface area contributed by atoms with Crippen molar-refractivity contribution in [2.45, 2.75) is 71.0 Å². The van der Waals surface area contributed by atoms with Crippen LogP contribution in [0.1, 0.15) is 57.9 Å². The van der Waals surface area contributed by atoms with Crippen LogP contribution in [0.15, 0.2) is 18.2 Å². The van der Waals surface area contributed by atoms with Gasteiger partial charge in [0.05, 0.1) is 6.10 Å². The fourth-order valence-corrected chi connectivity index (χ4v) is 3.09. The van der Waals surface area contributed by atoms with Gasteiger partial charge < -0.3 is 14.8 Å². The second-order valence-electron chi connectivity index (χ2n) is 6.64. The lowest BCUT2D eigenvalue weighted by Crippen LogP contribution is -2.41. The highest BCUT2D eigenvalue weighted by molar-refractivity contribution is 5.97. The molecule has 4 heteroatoms. The van der Waals surface area contributed by atoms with Gasteiger partial charge in [0.25, 0.3) is 5.91 Å². The van der Waals surface area contributed by atoms with Crippen molar-refractivity contribution in [1.82, 2.24) is 0 Å². The predicted molar refractivity (Wildman–Crippen MR) is 93.0 cm³/mol. The summed E-state index contributed by atoms with van der Waals surface area (Å²) in [5.74, 6) is 0.809. The molecule has 4 nitrogen and oxygen atoms in total. The van der Waals surface area contributed by atoms with Gasteiger partial charge in [0.15, 0.2) is 0 Å². The quantitative estimate of drug-likeness (QED) is 0.807. The fraction of sp³-hybridized carbons (Fsp3) is 0.632. The van der Waals surface area contributed by atoms with Gasteiger partial charge in [-0.3, -0.25) is 4.79 Å². The Morgan fingerprint density at radius 1 is 1.35 bits per heavy atom. The normalized spacial score (nSPS) is 17.7. The van der Waals surface area contributed by atoms with Gasteiger partial charge in [-0.05, 0) is 69.7 Å². The number of anilines is 1. The van der Waals surface area contributed by atoms with Crippen molar-refractivity contribution in [1.29, 1.82) is 0 Å². The van der Waals surface area contributed by atoms with E-state index in [2.05, 4.69) is 5.32 Å². The summed E-state index contributed by atoms with van der Waals surface area (Å²) < 4.78 is 11.5. The van der Waals surface area contributed by atoms with Crippen molar-refractivity contribution in [3.63, 3.8) is 0 Å². The van der Waals surface area contributed by atoms with E-state index < -0.39 is 5.60 Å². The third-order valence-corrected chi connectivity index (χ3v) is 4.69. The zero-order valence-corrected chi connectivity index (χ0v) is 14.8. The Labute approximate surface area is 139 Å². The molecule has 0 heterocycles. The molecule has 1 saturated carbocycles. The van der Waals surface area contributed by atoms with Crippen molar-refractivity contribution < 1.29 is 14.3 Å². The van der Waals surface area contributed by atoms with E-state index in [1.54, 1.807) is 7.11 Å². The van der Waals surface area contributed by atoms with E-state index in [9.17, 15) is 4.79 Å². The van der Waals surface area contributed by atoms with Crippen molar-refractivity contribution in [3.8, 4) is 5.75 Å². The summed E-state index contributed by atoms with van der Waals surface area (Å²) >= 11 is 0. The summed E-state index contributed by atoms with van der Waals surface area (Å²) in [6.07, 6.45) is 6.72. The minimum atomic E-state index is -0.790. The third kappa shape index (κ3) is 4.47. The Morgan fingerprint density at radius 3 is 2.61 bits per heavy atom. The van der Waals surface area contributed by atoms with Crippen LogP contribution in [0, 0.1) is 6.92 Å². The zero-order valence-electron chi connectivity index (χ0n) is 14.8. The van der Waals surface area contributed by atoms with E-state index in [-0.39, 0.29) is 5.91 Å². The highest BCUT2D eigenvalue weighted by Crippen LogP contribution is 2.28. The minimum Gasteiger partial charge on any atom is -0.490 e. The smallest absolute Gasteiger partial charge is 0.256 e. The van der Waals surface area contributed by atoms with Crippen molar-refractivity contribution in [2.24, 2.45) is 0 Å². The Balaban J connectivity index is 2.03. The number of ether oxygens (including phenoxy) is 2. The van der Waals surface area contributed by atoms with Crippen LogP contribution < -0.4 is 10.1 Å². The summed E-state index contributed by atoms with van der Waals surface area (Å²) in [6, 6.07) is 5.81. The maximum absolute atomic E-state index is 12.5. The number of hydrogen-bond donors (Lipinski definition) is 1. The van der Waals surface area contributed by atoms with Crippen LogP contribution in [0.4, 0.5) is 5.69 Å². The van der Waals surface area contributed by atoms with Crippen LogP contribution in [0.2, 0.25) is 0 Å². The number of carbonyl (C=O) groups excluding carboxylic acids is 1. The number of rotatable bonds is 7. The summed E-state index contributed by atoms with van der Waals surface area (Å²) in [5.41, 5.74) is 1.04. The fourth-order valence-electron chi connectivity index (χ4n) is 3.09. The molecule has 0 bridgehead atoms. The summed E-state index contributed by atoms with van der Waals surface area (Å²) in [7, 11) is 1.58. The Morgan fingerprint density at radius 2 is 2.04 bits per heavy atom. The van der Waals surface area contributed by atoms with Crippen molar-refractivity contribution in [2.75, 3.05) is 12.4 Å². The first-order valence-corrected chi connectivity index (χ1v) is 8.62. The molecule has 1 aliphatic carbocycles. The molecular weight excluding hydrogens is 290 g/mol. The predicted octanol–water partition coefficient (Wildman–Crippen LogP) is 4.46. The lowest BCUT2D eigenvalue weighted by atomic mass is 9.99. The van der Waals surface area contributed by atoms with E-state index in [1.165, 1.54) is 12.8 Å². The lowest BCUT2D eigenvalue weighted by molar-refractivity contribution is -0.136. The van der Waals surface area contributed by atoms with Crippen molar-refractivity contribution >= 4 is 11.6 Å². The highest BCUT2D eigenvalue weighted by Gasteiger charge is 2.32. The Bertz CT molecular complexity index is 537. The highest BCUT2D eigenvalue weighted by atomic mass is 16.5. The van der Waals surface area contributed by atoms with E-state index in [0.29, 0.717) is 12.5 Å². The third-order valence-electron chi connectivity index (χ3n) is 4.69. The summed E-state index contributed by atoms with van der Waals surface area (Å²) in [5, 5.41) is 2.96. The van der Waals surface area contributed by atoms with Gasteiger partial charge >= 0.3 is 0 Å². The molecular formula is C19H29NO3. The Hall–Kier alpha value is -1.55. The van der Waals surface area contributed by atoms with Crippen molar-refractivity contribution in [3.05, 3.63) is 23.8 Å².